The first-order valence-corrected chi connectivity index (χ1v) is 7.82. The number of hydrogen-bond donors (Lipinski definition) is 3. The van der Waals surface area contributed by atoms with Crippen molar-refractivity contribution in [3.63, 3.8) is 0 Å². The van der Waals surface area contributed by atoms with Crippen molar-refractivity contribution in [3.05, 3.63) is 18.2 Å². The summed E-state index contributed by atoms with van der Waals surface area (Å²) in [5.74, 6) is 1.05. The van der Waals surface area contributed by atoms with Crippen LogP contribution in [0.25, 0.3) is 0 Å². The number of hydrogen-bond acceptors (Lipinski definition) is 4. The van der Waals surface area contributed by atoms with Gasteiger partial charge in [0.2, 0.25) is 0 Å². The maximum atomic E-state index is 11.6. The highest BCUT2D eigenvalue weighted by Crippen LogP contribution is 1.98. The van der Waals surface area contributed by atoms with Gasteiger partial charge in [-0.25, -0.2) is 9.78 Å². The van der Waals surface area contributed by atoms with E-state index in [2.05, 4.69) is 20.0 Å². The van der Waals surface area contributed by atoms with E-state index in [1.54, 1.807) is 18.8 Å². The molecule has 0 saturated carbocycles. The number of aromatic amines is 1. The number of rotatable bonds is 7. The molecule has 1 aromatic rings. The molecule has 0 spiro atoms. The van der Waals surface area contributed by atoms with E-state index in [1.807, 2.05) is 0 Å². The molecule has 0 bridgehead atoms. The highest BCUT2D eigenvalue weighted by Gasteiger charge is 2.03. The molecule has 8 heteroatoms. The summed E-state index contributed by atoms with van der Waals surface area (Å²) in [7, 11) is -0.916. The van der Waals surface area contributed by atoms with Gasteiger partial charge in [0.1, 0.15) is 0 Å². The fourth-order valence-corrected chi connectivity index (χ4v) is 2.55. The first-order chi connectivity index (χ1) is 8.22. The molecule has 0 aromatic carbocycles. The van der Waals surface area contributed by atoms with Crippen LogP contribution < -0.4 is 10.0 Å². The van der Waals surface area contributed by atoms with Gasteiger partial charge in [0, 0.05) is 41.2 Å². The minimum atomic E-state index is -0.916. The lowest BCUT2D eigenvalue weighted by molar-refractivity contribution is 0.246. The Kier molecular flexibility index (Phi) is 6.71. The van der Waals surface area contributed by atoms with E-state index >= 15 is 0 Å². The van der Waals surface area contributed by atoms with Gasteiger partial charge in [0.15, 0.2) is 0 Å². The second-order valence-corrected chi connectivity index (χ2v) is 5.47. The van der Waals surface area contributed by atoms with Crippen LogP contribution in [-0.2, 0) is 16.6 Å². The van der Waals surface area contributed by atoms with Gasteiger partial charge in [-0.2, -0.15) is 0 Å². The average molecular weight is 276 g/mol. The zero-order valence-corrected chi connectivity index (χ0v) is 11.2. The van der Waals surface area contributed by atoms with Crippen molar-refractivity contribution < 1.29 is 9.00 Å². The van der Waals surface area contributed by atoms with Crippen LogP contribution in [0.2, 0.25) is 0 Å². The summed E-state index contributed by atoms with van der Waals surface area (Å²) in [4.78, 5) is 17.8. The fourth-order valence-electron chi connectivity index (χ4n) is 1.17. The average Bonchev–Trinajstić information content (AvgIpc) is 2.77. The van der Waals surface area contributed by atoms with Crippen molar-refractivity contribution in [2.45, 2.75) is 12.2 Å². The molecule has 0 aliphatic rings. The summed E-state index contributed by atoms with van der Waals surface area (Å²) < 4.78 is 14.2. The highest BCUT2D eigenvalue weighted by atomic mass is 32.2. The molecule has 1 aromatic heterocycles. The maximum Gasteiger partial charge on any atom is 0.324 e. The zero-order chi connectivity index (χ0) is 12.5. The Morgan fingerprint density at radius 2 is 2.47 bits per heavy atom. The van der Waals surface area contributed by atoms with E-state index in [0.29, 0.717) is 24.5 Å². The Labute approximate surface area is 107 Å². The third-order valence-electron chi connectivity index (χ3n) is 1.90. The van der Waals surface area contributed by atoms with Crippen molar-refractivity contribution >= 4 is 28.8 Å². The van der Waals surface area contributed by atoms with E-state index in [4.69, 9.17) is 0 Å². The lowest BCUT2D eigenvalue weighted by atomic mass is 10.5. The number of imidazole rings is 1. The monoisotopic (exact) mass is 276 g/mol. The minimum absolute atomic E-state index is 0.211. The maximum absolute atomic E-state index is 11.6. The van der Waals surface area contributed by atoms with Crippen LogP contribution >= 0.6 is 11.9 Å². The molecular formula is C9H16N4O2S2. The summed E-state index contributed by atoms with van der Waals surface area (Å²) in [5, 5.41) is 2.67. The number of nitrogens with one attached hydrogen (secondary N) is 3. The number of carbonyl (C=O) groups excluding carboxylic acids is 1. The molecular weight excluding hydrogens is 260 g/mol. The Balaban J connectivity index is 2.06. The summed E-state index contributed by atoms with van der Waals surface area (Å²) >= 11 is 1.24. The topological polar surface area (TPSA) is 86.9 Å². The van der Waals surface area contributed by atoms with Gasteiger partial charge >= 0.3 is 6.03 Å². The highest BCUT2D eigenvalue weighted by molar-refractivity contribution is 7.97. The van der Waals surface area contributed by atoms with Gasteiger partial charge in [-0.05, 0) is 6.42 Å². The summed E-state index contributed by atoms with van der Waals surface area (Å²) in [6.45, 7) is 0.529. The van der Waals surface area contributed by atoms with Crippen LogP contribution in [0.1, 0.15) is 12.1 Å². The molecule has 1 atom stereocenters. The molecule has 1 rings (SSSR count). The van der Waals surface area contributed by atoms with E-state index in [1.165, 1.54) is 11.9 Å². The van der Waals surface area contributed by atoms with Crippen LogP contribution in [0.3, 0.4) is 0 Å². The Morgan fingerprint density at radius 3 is 3.12 bits per heavy atom. The molecule has 6 nitrogen and oxygen atoms in total. The van der Waals surface area contributed by atoms with Crippen molar-refractivity contribution in [3.8, 4) is 0 Å². The normalized spacial score (nSPS) is 12.1. The minimum Gasteiger partial charge on any atom is -0.348 e. The number of urea groups is 1. The first kappa shape index (κ1) is 14.0. The SMILES string of the molecule is CSNC(=O)NCCCS(=O)Cc1cnc[nH]1. The van der Waals surface area contributed by atoms with Gasteiger partial charge in [-0.3, -0.25) is 8.93 Å². The smallest absolute Gasteiger partial charge is 0.324 e. The Hall–Kier alpha value is -1.02. The number of aromatic nitrogens is 2. The number of amides is 2. The molecule has 3 N–H and O–H groups in total. The van der Waals surface area contributed by atoms with E-state index in [9.17, 15) is 9.00 Å². The first-order valence-electron chi connectivity index (χ1n) is 5.11. The van der Waals surface area contributed by atoms with Crippen LogP contribution in [0, 0.1) is 0 Å². The molecule has 0 aliphatic carbocycles. The van der Waals surface area contributed by atoms with Gasteiger partial charge in [-0.1, -0.05) is 11.9 Å². The lowest BCUT2D eigenvalue weighted by Gasteiger charge is -2.04. The third kappa shape index (κ3) is 6.32. The van der Waals surface area contributed by atoms with Crippen molar-refractivity contribution in [2.75, 3.05) is 18.6 Å². The largest absolute Gasteiger partial charge is 0.348 e. The van der Waals surface area contributed by atoms with Crippen molar-refractivity contribution in [1.29, 1.82) is 0 Å². The van der Waals surface area contributed by atoms with Crippen LogP contribution in [0.5, 0.6) is 0 Å². The van der Waals surface area contributed by atoms with Gasteiger partial charge < -0.3 is 10.3 Å². The number of H-pyrrole nitrogens is 1. The third-order valence-corrected chi connectivity index (χ3v) is 3.67. The molecule has 96 valence electrons. The van der Waals surface area contributed by atoms with Crippen LogP contribution in [-0.4, -0.2) is 38.8 Å². The van der Waals surface area contributed by atoms with E-state index in [-0.39, 0.29) is 6.03 Å². The van der Waals surface area contributed by atoms with Gasteiger partial charge in [0.05, 0.1) is 12.1 Å². The zero-order valence-electron chi connectivity index (χ0n) is 9.56. The molecule has 2 amide bonds. The van der Waals surface area contributed by atoms with E-state index in [0.717, 1.165) is 5.69 Å². The predicted octanol–water partition coefficient (Wildman–Crippen LogP) is 0.626. The second kappa shape index (κ2) is 8.13. The van der Waals surface area contributed by atoms with Crippen molar-refractivity contribution in [2.24, 2.45) is 0 Å². The number of nitrogens with zero attached hydrogens (tertiary/aromatic N) is 1. The Bertz CT molecular complexity index is 356. The summed E-state index contributed by atoms with van der Waals surface area (Å²) in [5.41, 5.74) is 0.872. The number of carbonyl (C=O) groups is 1. The molecule has 0 fully saturated rings. The molecule has 1 unspecified atom stereocenters. The predicted molar refractivity (Wildman–Crippen MR) is 70.0 cm³/mol. The Morgan fingerprint density at radius 1 is 1.65 bits per heavy atom. The second-order valence-electron chi connectivity index (χ2n) is 3.28. The van der Waals surface area contributed by atoms with Gasteiger partial charge in [0.25, 0.3) is 0 Å². The fraction of sp³-hybridized carbons (Fsp3) is 0.556. The van der Waals surface area contributed by atoms with Gasteiger partial charge in [-0.15, -0.1) is 0 Å². The van der Waals surface area contributed by atoms with Crippen LogP contribution in [0.15, 0.2) is 12.5 Å². The standard InChI is InChI=1S/C9H16N4O2S2/c1-16-13-9(14)11-3-2-4-17(15)6-8-5-10-7-12-8/h5,7H,2-4,6H2,1H3,(H,10,12)(H2,11,13,14). The quantitative estimate of drug-likeness (QED) is 0.503. The summed E-state index contributed by atoms with van der Waals surface area (Å²) in [6, 6.07) is -0.211. The van der Waals surface area contributed by atoms with Crippen LogP contribution in [0.4, 0.5) is 4.79 Å². The molecule has 0 aliphatic heterocycles. The molecule has 1 heterocycles. The lowest BCUT2D eigenvalue weighted by Crippen LogP contribution is -2.32. The molecule has 17 heavy (non-hydrogen) atoms. The molecule has 0 saturated heterocycles. The molecule has 0 radical (unpaired) electrons. The van der Waals surface area contributed by atoms with Crippen molar-refractivity contribution in [1.82, 2.24) is 20.0 Å². The summed E-state index contributed by atoms with van der Waals surface area (Å²) in [6.07, 6.45) is 5.71. The van der Waals surface area contributed by atoms with E-state index < -0.39 is 10.8 Å².